The molecule has 143 valence electrons. The maximum Gasteiger partial charge on any atom is 0.296 e. The van der Waals surface area contributed by atoms with Crippen LogP contribution in [-0.2, 0) is 0 Å². The summed E-state index contributed by atoms with van der Waals surface area (Å²) in [4.78, 5) is 6.97. The van der Waals surface area contributed by atoms with Crippen molar-refractivity contribution in [3.63, 3.8) is 0 Å². The van der Waals surface area contributed by atoms with Crippen molar-refractivity contribution in [1.29, 1.82) is 0 Å². The van der Waals surface area contributed by atoms with E-state index in [4.69, 9.17) is 5.73 Å². The minimum absolute atomic E-state index is 0. The largest absolute Gasteiger partial charge is 1.00 e. The smallest absolute Gasteiger partial charge is 0.296 e. The van der Waals surface area contributed by atoms with Crippen LogP contribution in [0.2, 0.25) is 25.2 Å². The zero-order valence-electron chi connectivity index (χ0n) is 16.4. The number of aryl methyl sites for hydroxylation is 1. The van der Waals surface area contributed by atoms with Crippen LogP contribution in [0.5, 0.6) is 0 Å². The molecule has 0 bridgehead atoms. The summed E-state index contributed by atoms with van der Waals surface area (Å²) in [6.07, 6.45) is 7.41. The van der Waals surface area contributed by atoms with Gasteiger partial charge in [-0.3, -0.25) is 0 Å². The van der Waals surface area contributed by atoms with E-state index in [0.717, 1.165) is 35.9 Å². The fraction of sp³-hybridized carbons (Fsp3) is 0.550. The van der Waals surface area contributed by atoms with Gasteiger partial charge >= 0.3 is 0 Å². The first-order valence-corrected chi connectivity index (χ1v) is 13.0. The molecule has 2 aliphatic heterocycles. The molecule has 0 aliphatic carbocycles. The first kappa shape index (κ1) is 20.8. The van der Waals surface area contributed by atoms with Gasteiger partial charge in [-0.1, -0.05) is 24.6 Å². The summed E-state index contributed by atoms with van der Waals surface area (Å²) in [5.74, 6) is 1.92. The molecule has 1 saturated heterocycles. The van der Waals surface area contributed by atoms with Crippen LogP contribution in [0.1, 0.15) is 24.8 Å². The van der Waals surface area contributed by atoms with Gasteiger partial charge in [0.25, 0.3) is 5.84 Å². The number of hydrogen-bond donors (Lipinski definition) is 2. The van der Waals surface area contributed by atoms with E-state index in [-0.39, 0.29) is 12.4 Å². The van der Waals surface area contributed by atoms with Crippen LogP contribution in [0.15, 0.2) is 30.6 Å². The number of anilines is 2. The third-order valence-corrected chi connectivity index (χ3v) is 8.76. The van der Waals surface area contributed by atoms with E-state index in [2.05, 4.69) is 53.9 Å². The van der Waals surface area contributed by atoms with Crippen molar-refractivity contribution in [3.05, 3.63) is 36.2 Å². The lowest BCUT2D eigenvalue weighted by Gasteiger charge is -2.34. The number of aliphatic imine (C=N–C) groups is 1. The Balaban J connectivity index is 0.00000243. The van der Waals surface area contributed by atoms with Crippen molar-refractivity contribution in [3.8, 4) is 0 Å². The Labute approximate surface area is 165 Å². The molecule has 6 heteroatoms. The zero-order valence-corrected chi connectivity index (χ0v) is 18.2. The summed E-state index contributed by atoms with van der Waals surface area (Å²) < 4.78 is 0. The van der Waals surface area contributed by atoms with E-state index in [1.165, 1.54) is 30.6 Å². The van der Waals surface area contributed by atoms with E-state index < -0.39 is 8.07 Å². The Hall–Kier alpha value is -1.46. The van der Waals surface area contributed by atoms with Gasteiger partial charge in [0, 0.05) is 32.5 Å². The molecule has 2 atom stereocenters. The van der Waals surface area contributed by atoms with Gasteiger partial charge in [0.15, 0.2) is 6.20 Å². The van der Waals surface area contributed by atoms with E-state index in [0.29, 0.717) is 0 Å². The van der Waals surface area contributed by atoms with Crippen molar-refractivity contribution in [2.45, 2.75) is 51.4 Å². The molecule has 3 N–H and O–H groups in total. The number of nitrogens with one attached hydrogen (secondary N) is 1. The summed E-state index contributed by atoms with van der Waals surface area (Å²) in [5.41, 5.74) is 10.2. The van der Waals surface area contributed by atoms with Gasteiger partial charge in [0.2, 0.25) is 0 Å². The molecule has 1 fully saturated rings. The molecule has 1 aromatic carbocycles. The second kappa shape index (κ2) is 8.48. The van der Waals surface area contributed by atoms with E-state index in [9.17, 15) is 0 Å². The lowest BCUT2D eigenvalue weighted by atomic mass is 10.00. The number of rotatable bonds is 6. The zero-order chi connectivity index (χ0) is 18.0. The van der Waals surface area contributed by atoms with Crippen molar-refractivity contribution in [2.75, 3.05) is 23.7 Å². The van der Waals surface area contributed by atoms with Gasteiger partial charge in [-0.25, -0.2) is 5.32 Å². The summed E-state index contributed by atoms with van der Waals surface area (Å²) >= 11 is 0. The van der Waals surface area contributed by atoms with Crippen LogP contribution in [0, 0.1) is 12.8 Å². The molecule has 2 aliphatic rings. The first-order chi connectivity index (χ1) is 11.8. The van der Waals surface area contributed by atoms with E-state index in [1.807, 2.05) is 18.5 Å². The average molecular weight is 392 g/mol. The molecule has 26 heavy (non-hydrogen) atoms. The Kier molecular flexibility index (Phi) is 6.80. The van der Waals surface area contributed by atoms with Crippen LogP contribution >= 0.6 is 0 Å². The summed E-state index contributed by atoms with van der Waals surface area (Å²) in [6.45, 7) is 12.0. The summed E-state index contributed by atoms with van der Waals surface area (Å²) in [7, 11) is -1.22. The van der Waals surface area contributed by atoms with Crippen LogP contribution in [0.25, 0.3) is 0 Å². The second-order valence-corrected chi connectivity index (χ2v) is 14.1. The highest BCUT2D eigenvalue weighted by Crippen LogP contribution is 2.40. The average Bonchev–Trinajstić information content (AvgIpc) is 3.21. The molecule has 0 aromatic heterocycles. The van der Waals surface area contributed by atoms with E-state index >= 15 is 0 Å². The van der Waals surface area contributed by atoms with Crippen LogP contribution in [-0.4, -0.2) is 27.0 Å². The molecule has 4 nitrogen and oxygen atoms in total. The number of halogens is 1. The van der Waals surface area contributed by atoms with Crippen LogP contribution in [0.3, 0.4) is 0 Å². The third kappa shape index (κ3) is 4.83. The van der Waals surface area contributed by atoms with Gasteiger partial charge in [-0.05, 0) is 55.0 Å². The quantitative estimate of drug-likeness (QED) is 0.554. The highest BCUT2D eigenvalue weighted by Gasteiger charge is 2.38. The molecule has 0 spiro atoms. The maximum atomic E-state index is 5.98. The molecule has 2 heterocycles. The topological polar surface area (TPSA) is 55.4 Å². The maximum absolute atomic E-state index is 5.98. The van der Waals surface area contributed by atoms with Crippen LogP contribution in [0.4, 0.5) is 11.4 Å². The minimum Gasteiger partial charge on any atom is -1.00 e. The fourth-order valence-corrected chi connectivity index (χ4v) is 7.01. The highest BCUT2D eigenvalue weighted by atomic mass is 35.5. The molecule has 3 rings (SSSR count). The number of nitrogens with zero attached hydrogens (tertiary/aromatic N) is 2. The number of nitrogens with two attached hydrogens (primary N) is 1. The lowest BCUT2D eigenvalue weighted by Crippen LogP contribution is -3.00. The highest BCUT2D eigenvalue weighted by molar-refractivity contribution is 6.77. The lowest BCUT2D eigenvalue weighted by molar-refractivity contribution is -0.00000567. The molecule has 2 unspecified atom stereocenters. The number of hydrogen-bond acceptors (Lipinski definition) is 4. The number of amidine groups is 1. The molecule has 1 aromatic rings. The van der Waals surface area contributed by atoms with Crippen LogP contribution < -0.4 is 33.3 Å². The van der Waals surface area contributed by atoms with Gasteiger partial charge < -0.3 is 23.0 Å². The standard InChI is InChI=1S/C20H32N4Si.ClH/c1-15-13-17(5-6-18(15)21)24-12-9-16(14-24)19(25(2,3)4)7-8-20-22-10-11-23-20;/h5-6,10-11,13,16,19,22H,7-9,12,14,21H2,1-4H3;1H/q+1;/p-1. The monoisotopic (exact) mass is 391 g/mol. The molecule has 1 radical (unpaired) electrons. The molecular weight excluding hydrogens is 360 g/mol. The SMILES string of the molecule is Cc1cc(N2CCC(C(CCC3=[N+]C=CN3)[Si](C)(C)C)C2)ccc1N.[Cl-]. The van der Waals surface area contributed by atoms with Crippen molar-refractivity contribution < 1.29 is 12.4 Å². The Bertz CT molecular complexity index is 681. The predicted octanol–water partition coefficient (Wildman–Crippen LogP) is 0.705. The number of benzene rings is 1. The first-order valence-electron chi connectivity index (χ1n) is 9.44. The second-order valence-electron chi connectivity index (χ2n) is 8.58. The fourth-order valence-electron chi connectivity index (χ4n) is 4.31. The van der Waals surface area contributed by atoms with Gasteiger partial charge in [0.1, 0.15) is 6.20 Å². The molecule has 0 saturated carbocycles. The minimum atomic E-state index is -1.22. The summed E-state index contributed by atoms with van der Waals surface area (Å²) in [6, 6.07) is 6.46. The summed E-state index contributed by atoms with van der Waals surface area (Å²) in [5, 5.41) is 3.26. The normalized spacial score (nSPS) is 20.5. The molecule has 0 amide bonds. The van der Waals surface area contributed by atoms with Crippen molar-refractivity contribution in [2.24, 2.45) is 5.92 Å². The van der Waals surface area contributed by atoms with Crippen molar-refractivity contribution in [1.82, 2.24) is 10.3 Å². The number of nitrogen functional groups attached to an aromatic ring is 1. The van der Waals surface area contributed by atoms with Gasteiger partial charge in [-0.2, -0.15) is 0 Å². The Morgan fingerprint density at radius 2 is 2.12 bits per heavy atom. The molecular formula is C20H32ClN4Si. The van der Waals surface area contributed by atoms with Gasteiger partial charge in [-0.15, -0.1) is 0 Å². The predicted molar refractivity (Wildman–Crippen MR) is 112 cm³/mol. The van der Waals surface area contributed by atoms with Crippen molar-refractivity contribution >= 4 is 25.3 Å². The Morgan fingerprint density at radius 3 is 2.73 bits per heavy atom. The Morgan fingerprint density at radius 1 is 1.35 bits per heavy atom. The van der Waals surface area contributed by atoms with E-state index in [1.54, 1.807) is 0 Å². The third-order valence-electron chi connectivity index (χ3n) is 5.77. The van der Waals surface area contributed by atoms with Gasteiger partial charge in [0.05, 0.1) is 6.42 Å².